The van der Waals surface area contributed by atoms with Crippen molar-refractivity contribution >= 4 is 0 Å². The lowest BCUT2D eigenvalue weighted by Gasteiger charge is -2.66. The first-order valence-electron chi connectivity index (χ1n) is 6.97. The molecule has 2 N–H and O–H groups in total. The first kappa shape index (κ1) is 11.7. The Labute approximate surface area is 104 Å². The molecule has 4 aliphatic rings. The van der Waals surface area contributed by atoms with Gasteiger partial charge in [0.1, 0.15) is 0 Å². The van der Waals surface area contributed by atoms with Crippen molar-refractivity contribution in [3.05, 3.63) is 11.6 Å². The maximum absolute atomic E-state index is 9.81. The van der Waals surface area contributed by atoms with E-state index in [2.05, 4.69) is 19.9 Å². The molecule has 0 unspecified atom stereocenters. The maximum Gasteiger partial charge on any atom is 0.0512 e. The van der Waals surface area contributed by atoms with Gasteiger partial charge in [-0.15, -0.1) is 0 Å². The van der Waals surface area contributed by atoms with Crippen LogP contribution in [0.5, 0.6) is 0 Å². The molecule has 0 radical (unpaired) electrons. The van der Waals surface area contributed by atoms with E-state index >= 15 is 0 Å². The van der Waals surface area contributed by atoms with Gasteiger partial charge in [0.05, 0.1) is 13.2 Å². The van der Waals surface area contributed by atoms with Crippen LogP contribution in [0.4, 0.5) is 0 Å². The van der Waals surface area contributed by atoms with E-state index in [1.807, 2.05) is 0 Å². The van der Waals surface area contributed by atoms with Gasteiger partial charge in [0.2, 0.25) is 0 Å². The van der Waals surface area contributed by atoms with Crippen LogP contribution < -0.4 is 0 Å². The largest absolute Gasteiger partial charge is 0.396 e. The molecular weight excluding hydrogens is 212 g/mol. The highest BCUT2D eigenvalue weighted by molar-refractivity contribution is 5.28. The summed E-state index contributed by atoms with van der Waals surface area (Å²) >= 11 is 0. The number of hydrogen-bond donors (Lipinski definition) is 2. The standard InChI is InChI=1S/C15H24O2/c1-10-4-5-11-13-12(10)14(11,2)6-3-7-15(13,8-16)9-17/h4,11-13,16-17H,3,5-9H2,1-2H3/t11-,12+,13-,14+/m1/s1. The molecule has 0 heterocycles. The second kappa shape index (κ2) is 3.58. The third kappa shape index (κ3) is 1.23. The minimum atomic E-state index is -0.207. The number of hydrogen-bond acceptors (Lipinski definition) is 2. The zero-order chi connectivity index (χ0) is 12.3. The Kier molecular flexibility index (Phi) is 2.47. The maximum atomic E-state index is 9.81. The molecule has 0 aliphatic heterocycles. The van der Waals surface area contributed by atoms with Crippen molar-refractivity contribution in [1.29, 1.82) is 0 Å². The second-order valence-corrected chi connectivity index (χ2v) is 6.83. The normalized spacial score (nSPS) is 46.8. The predicted octanol–water partition coefficient (Wildman–Crippen LogP) is 2.36. The molecule has 2 nitrogen and oxygen atoms in total. The molecule has 0 aromatic heterocycles. The van der Waals surface area contributed by atoms with Crippen LogP contribution in [0.3, 0.4) is 0 Å². The summed E-state index contributed by atoms with van der Waals surface area (Å²) in [4.78, 5) is 0. The average molecular weight is 236 g/mol. The molecule has 0 aromatic carbocycles. The summed E-state index contributed by atoms with van der Waals surface area (Å²) in [6.07, 6.45) is 6.98. The van der Waals surface area contributed by atoms with E-state index in [1.54, 1.807) is 0 Å². The van der Waals surface area contributed by atoms with Crippen molar-refractivity contribution in [1.82, 2.24) is 0 Å². The van der Waals surface area contributed by atoms with Crippen LogP contribution >= 0.6 is 0 Å². The zero-order valence-corrected chi connectivity index (χ0v) is 10.9. The van der Waals surface area contributed by atoms with Gasteiger partial charge in [0, 0.05) is 5.41 Å². The van der Waals surface area contributed by atoms with Crippen molar-refractivity contribution < 1.29 is 10.2 Å². The summed E-state index contributed by atoms with van der Waals surface area (Å²) in [5.41, 5.74) is 1.75. The average Bonchev–Trinajstić information content (AvgIpc) is 2.54. The van der Waals surface area contributed by atoms with Crippen molar-refractivity contribution in [2.75, 3.05) is 13.2 Å². The number of allylic oxidation sites excluding steroid dienone is 2. The summed E-state index contributed by atoms with van der Waals surface area (Å²) in [5.74, 6) is 1.83. The van der Waals surface area contributed by atoms with Gasteiger partial charge >= 0.3 is 0 Å². The fraction of sp³-hybridized carbons (Fsp3) is 0.867. The first-order valence-corrected chi connectivity index (χ1v) is 6.97. The Morgan fingerprint density at radius 3 is 2.59 bits per heavy atom. The van der Waals surface area contributed by atoms with E-state index in [1.165, 1.54) is 12.0 Å². The van der Waals surface area contributed by atoms with Crippen molar-refractivity contribution in [2.24, 2.45) is 28.6 Å². The summed E-state index contributed by atoms with van der Waals surface area (Å²) < 4.78 is 0. The first-order chi connectivity index (χ1) is 8.09. The van der Waals surface area contributed by atoms with E-state index < -0.39 is 0 Å². The van der Waals surface area contributed by atoms with Gasteiger partial charge in [-0.25, -0.2) is 0 Å². The SMILES string of the molecule is CC1=CC[C@@H]2[C@@H]3[C@H]1[C@@]2(C)CCCC3(CO)CO. The molecule has 2 saturated carbocycles. The van der Waals surface area contributed by atoms with Crippen LogP contribution in [0.2, 0.25) is 0 Å². The van der Waals surface area contributed by atoms with Crippen LogP contribution in [0.25, 0.3) is 0 Å². The number of aliphatic hydroxyl groups excluding tert-OH is 2. The van der Waals surface area contributed by atoms with Gasteiger partial charge in [-0.05, 0) is 49.4 Å². The van der Waals surface area contributed by atoms with Crippen LogP contribution in [-0.4, -0.2) is 23.4 Å². The molecule has 4 atom stereocenters. The molecule has 0 amide bonds. The predicted molar refractivity (Wildman–Crippen MR) is 67.4 cm³/mol. The van der Waals surface area contributed by atoms with Gasteiger partial charge in [-0.1, -0.05) is 25.0 Å². The van der Waals surface area contributed by atoms with Gasteiger partial charge in [0.25, 0.3) is 0 Å². The highest BCUT2D eigenvalue weighted by Gasteiger charge is 2.67. The minimum absolute atomic E-state index is 0.157. The molecule has 17 heavy (non-hydrogen) atoms. The number of fused-ring (bicyclic) bond motifs is 1. The number of aliphatic hydroxyl groups is 2. The van der Waals surface area contributed by atoms with E-state index in [4.69, 9.17) is 0 Å². The van der Waals surface area contributed by atoms with Gasteiger partial charge in [0.15, 0.2) is 0 Å². The highest BCUT2D eigenvalue weighted by atomic mass is 16.3. The van der Waals surface area contributed by atoms with E-state index in [-0.39, 0.29) is 18.6 Å². The molecular formula is C15H24O2. The molecule has 0 saturated heterocycles. The van der Waals surface area contributed by atoms with Crippen molar-refractivity contribution in [3.63, 3.8) is 0 Å². The lowest BCUT2D eigenvalue weighted by molar-refractivity contribution is -0.170. The Hall–Kier alpha value is -0.340. The van der Waals surface area contributed by atoms with Crippen LogP contribution in [0.15, 0.2) is 11.6 Å². The second-order valence-electron chi connectivity index (χ2n) is 6.83. The summed E-state index contributed by atoms with van der Waals surface area (Å²) in [6, 6.07) is 0. The highest BCUT2D eigenvalue weighted by Crippen LogP contribution is 2.72. The summed E-state index contributed by atoms with van der Waals surface area (Å²) in [5, 5.41) is 19.6. The smallest absolute Gasteiger partial charge is 0.0512 e. The molecule has 2 heteroatoms. The third-order valence-corrected chi connectivity index (χ3v) is 6.26. The van der Waals surface area contributed by atoms with Crippen molar-refractivity contribution in [2.45, 2.75) is 39.5 Å². The Balaban J connectivity index is 2.04. The zero-order valence-electron chi connectivity index (χ0n) is 10.9. The van der Waals surface area contributed by atoms with Gasteiger partial charge in [-0.2, -0.15) is 0 Å². The van der Waals surface area contributed by atoms with E-state index in [0.717, 1.165) is 19.3 Å². The molecule has 4 bridgehead atoms. The summed E-state index contributed by atoms with van der Waals surface area (Å²) in [7, 11) is 0. The number of rotatable bonds is 2. The topological polar surface area (TPSA) is 40.5 Å². The monoisotopic (exact) mass is 236 g/mol. The molecule has 4 aliphatic carbocycles. The molecule has 0 spiro atoms. The quantitative estimate of drug-likeness (QED) is 0.723. The fourth-order valence-corrected chi connectivity index (χ4v) is 5.35. The van der Waals surface area contributed by atoms with Crippen LogP contribution in [0.1, 0.15) is 39.5 Å². The van der Waals surface area contributed by atoms with Gasteiger partial charge < -0.3 is 10.2 Å². The lowest BCUT2D eigenvalue weighted by Crippen LogP contribution is -2.62. The molecule has 2 fully saturated rings. The van der Waals surface area contributed by atoms with E-state index in [0.29, 0.717) is 23.2 Å². The lowest BCUT2D eigenvalue weighted by atomic mass is 9.38. The Morgan fingerprint density at radius 1 is 1.29 bits per heavy atom. The van der Waals surface area contributed by atoms with Gasteiger partial charge in [-0.3, -0.25) is 0 Å². The molecule has 0 aromatic rings. The summed E-state index contributed by atoms with van der Waals surface area (Å²) in [6.45, 7) is 4.99. The van der Waals surface area contributed by atoms with Crippen LogP contribution in [0, 0.1) is 28.6 Å². The van der Waals surface area contributed by atoms with Crippen molar-refractivity contribution in [3.8, 4) is 0 Å². The molecule has 96 valence electrons. The Morgan fingerprint density at radius 2 is 2.00 bits per heavy atom. The third-order valence-electron chi connectivity index (χ3n) is 6.26. The van der Waals surface area contributed by atoms with Crippen LogP contribution in [-0.2, 0) is 0 Å². The fourth-order valence-electron chi connectivity index (χ4n) is 5.35. The Bertz CT molecular complexity index is 356. The molecule has 4 rings (SSSR count). The van der Waals surface area contributed by atoms with E-state index in [9.17, 15) is 10.2 Å². The minimum Gasteiger partial charge on any atom is -0.396 e.